The molecular weight excluding hydrogens is 282 g/mol. The van der Waals surface area contributed by atoms with Gasteiger partial charge in [0.15, 0.2) is 5.78 Å². The first-order chi connectivity index (χ1) is 9.32. The van der Waals surface area contributed by atoms with E-state index in [1.54, 1.807) is 6.92 Å². The molecular formula is C13H17NO5S. The number of likely N-dealkylation sites (N-methyl/N-ethyl adjacent to an activating group) is 1. The molecule has 0 bridgehead atoms. The number of Topliss-reactive ketones (excluding diaryl/α,β-unsaturated/α-hetero) is 1. The second kappa shape index (κ2) is 6.62. The summed E-state index contributed by atoms with van der Waals surface area (Å²) < 4.78 is 30.3. The van der Waals surface area contributed by atoms with Gasteiger partial charge in [-0.15, -0.1) is 0 Å². The number of rotatable bonds is 6. The molecule has 0 N–H and O–H groups in total. The summed E-state index contributed by atoms with van der Waals surface area (Å²) in [7, 11) is -2.64. The largest absolute Gasteiger partial charge is 0.468 e. The number of carbonyl (C=O) groups excluding carboxylic acids is 2. The summed E-state index contributed by atoms with van der Waals surface area (Å²) in [5, 5.41) is 0. The molecule has 0 aliphatic rings. The minimum atomic E-state index is -3.83. The minimum absolute atomic E-state index is 0.0176. The molecule has 0 saturated carbocycles. The number of carbonyl (C=O) groups is 2. The lowest BCUT2D eigenvalue weighted by Gasteiger charge is -2.19. The van der Waals surface area contributed by atoms with Crippen molar-refractivity contribution in [3.63, 3.8) is 0 Å². The normalized spacial score (nSPS) is 11.4. The Hall–Kier alpha value is -1.73. The molecule has 0 aliphatic carbocycles. The number of hydrogen-bond acceptors (Lipinski definition) is 5. The number of ether oxygens (including phenoxy) is 1. The van der Waals surface area contributed by atoms with E-state index in [0.29, 0.717) is 5.56 Å². The lowest BCUT2D eigenvalue weighted by molar-refractivity contribution is -0.140. The highest BCUT2D eigenvalue weighted by Gasteiger charge is 2.25. The first-order valence-electron chi connectivity index (χ1n) is 6.01. The van der Waals surface area contributed by atoms with Gasteiger partial charge in [-0.3, -0.25) is 9.59 Å². The maximum atomic E-state index is 12.4. The third-order valence-corrected chi connectivity index (χ3v) is 4.68. The molecule has 0 amide bonds. The van der Waals surface area contributed by atoms with Gasteiger partial charge in [0.25, 0.3) is 0 Å². The summed E-state index contributed by atoms with van der Waals surface area (Å²) in [4.78, 5) is 22.5. The van der Waals surface area contributed by atoms with Crippen LogP contribution in [0.1, 0.15) is 24.2 Å². The Morgan fingerprint density at radius 3 is 2.45 bits per heavy atom. The number of esters is 1. The van der Waals surface area contributed by atoms with E-state index in [4.69, 9.17) is 0 Å². The van der Waals surface area contributed by atoms with Gasteiger partial charge in [0, 0.05) is 12.1 Å². The summed E-state index contributed by atoms with van der Waals surface area (Å²) in [6.07, 6.45) is 0. The van der Waals surface area contributed by atoms with Crippen LogP contribution in [0.15, 0.2) is 29.2 Å². The quantitative estimate of drug-likeness (QED) is 0.580. The van der Waals surface area contributed by atoms with Crippen LogP contribution in [0.3, 0.4) is 0 Å². The van der Waals surface area contributed by atoms with E-state index in [1.807, 2.05) is 0 Å². The van der Waals surface area contributed by atoms with E-state index in [0.717, 1.165) is 4.31 Å². The highest BCUT2D eigenvalue weighted by molar-refractivity contribution is 7.89. The number of ketones is 1. The van der Waals surface area contributed by atoms with Gasteiger partial charge in [0.05, 0.1) is 12.0 Å². The summed E-state index contributed by atoms with van der Waals surface area (Å²) in [6, 6.07) is 5.73. The molecule has 1 aromatic carbocycles. The van der Waals surface area contributed by atoms with E-state index in [2.05, 4.69) is 4.74 Å². The van der Waals surface area contributed by atoms with Crippen LogP contribution >= 0.6 is 0 Å². The lowest BCUT2D eigenvalue weighted by Crippen LogP contribution is -2.36. The highest BCUT2D eigenvalue weighted by Crippen LogP contribution is 2.17. The first kappa shape index (κ1) is 16.3. The summed E-state index contributed by atoms with van der Waals surface area (Å²) in [5.41, 5.74) is 0.306. The number of benzene rings is 1. The van der Waals surface area contributed by atoms with Crippen LogP contribution in [-0.4, -0.2) is 44.7 Å². The Morgan fingerprint density at radius 2 is 1.95 bits per heavy atom. The predicted molar refractivity (Wildman–Crippen MR) is 72.9 cm³/mol. The topological polar surface area (TPSA) is 80.8 Å². The molecule has 1 rings (SSSR count). The molecule has 7 heteroatoms. The Bertz CT molecular complexity index is 609. The summed E-state index contributed by atoms with van der Waals surface area (Å²) in [5.74, 6) is -0.865. The molecule has 0 aliphatic heterocycles. The molecule has 0 unspecified atom stereocenters. The van der Waals surface area contributed by atoms with Crippen LogP contribution in [0.5, 0.6) is 0 Å². The van der Waals surface area contributed by atoms with Crippen molar-refractivity contribution in [3.8, 4) is 0 Å². The zero-order valence-electron chi connectivity index (χ0n) is 11.6. The number of hydrogen-bond donors (Lipinski definition) is 0. The van der Waals surface area contributed by atoms with Crippen LogP contribution < -0.4 is 0 Å². The molecule has 0 aromatic heterocycles. The number of methoxy groups -OCH3 is 1. The van der Waals surface area contributed by atoms with E-state index >= 15 is 0 Å². The Morgan fingerprint density at radius 1 is 1.30 bits per heavy atom. The zero-order chi connectivity index (χ0) is 15.3. The monoisotopic (exact) mass is 299 g/mol. The minimum Gasteiger partial charge on any atom is -0.468 e. The van der Waals surface area contributed by atoms with Crippen molar-refractivity contribution in [2.75, 3.05) is 20.2 Å². The predicted octanol–water partition coefficient (Wildman–Crippen LogP) is 1.07. The fourth-order valence-electron chi connectivity index (χ4n) is 1.60. The molecule has 20 heavy (non-hydrogen) atoms. The zero-order valence-corrected chi connectivity index (χ0v) is 12.4. The van der Waals surface area contributed by atoms with Gasteiger partial charge in [-0.25, -0.2) is 8.42 Å². The third-order valence-electron chi connectivity index (χ3n) is 2.76. The molecule has 0 spiro atoms. The SMILES string of the molecule is CCN(CC(=O)OC)S(=O)(=O)c1cccc(C(C)=O)c1. The van der Waals surface area contributed by atoms with Gasteiger partial charge in [-0.1, -0.05) is 19.1 Å². The van der Waals surface area contributed by atoms with E-state index in [-0.39, 0.29) is 23.8 Å². The molecule has 0 atom stereocenters. The summed E-state index contributed by atoms with van der Waals surface area (Å²) in [6.45, 7) is 2.74. The van der Waals surface area contributed by atoms with Crippen LogP contribution in [-0.2, 0) is 19.6 Å². The van der Waals surface area contributed by atoms with Gasteiger partial charge in [0.2, 0.25) is 10.0 Å². The number of sulfonamides is 1. The molecule has 110 valence electrons. The average Bonchev–Trinajstić information content (AvgIpc) is 2.44. The maximum absolute atomic E-state index is 12.4. The smallest absolute Gasteiger partial charge is 0.321 e. The fourth-order valence-corrected chi connectivity index (χ4v) is 3.04. The molecule has 6 nitrogen and oxygen atoms in total. The Labute approximate surface area is 118 Å². The van der Waals surface area contributed by atoms with Crippen molar-refractivity contribution in [3.05, 3.63) is 29.8 Å². The highest BCUT2D eigenvalue weighted by atomic mass is 32.2. The number of nitrogens with zero attached hydrogens (tertiary/aromatic N) is 1. The van der Waals surface area contributed by atoms with Crippen LogP contribution in [0.25, 0.3) is 0 Å². The van der Waals surface area contributed by atoms with Crippen LogP contribution in [0.2, 0.25) is 0 Å². The van der Waals surface area contributed by atoms with Gasteiger partial charge < -0.3 is 4.74 Å². The van der Waals surface area contributed by atoms with Crippen molar-refractivity contribution >= 4 is 21.8 Å². The van der Waals surface area contributed by atoms with Gasteiger partial charge in [-0.2, -0.15) is 4.31 Å². The van der Waals surface area contributed by atoms with Crippen LogP contribution in [0.4, 0.5) is 0 Å². The van der Waals surface area contributed by atoms with Crippen molar-refractivity contribution < 1.29 is 22.7 Å². The molecule has 0 heterocycles. The van der Waals surface area contributed by atoms with E-state index < -0.39 is 16.0 Å². The van der Waals surface area contributed by atoms with E-state index in [9.17, 15) is 18.0 Å². The van der Waals surface area contributed by atoms with Gasteiger partial charge >= 0.3 is 5.97 Å². The molecule has 0 saturated heterocycles. The summed E-state index contributed by atoms with van der Waals surface area (Å²) >= 11 is 0. The van der Waals surface area contributed by atoms with Gasteiger partial charge in [0.1, 0.15) is 6.54 Å². The standard InChI is InChI=1S/C13H17NO5S/c1-4-14(9-13(16)19-3)20(17,18)12-7-5-6-11(8-12)10(2)15/h5-8H,4,9H2,1-3H3. The second-order valence-corrected chi connectivity index (χ2v) is 6.03. The van der Waals surface area contributed by atoms with Crippen molar-refractivity contribution in [1.29, 1.82) is 0 Å². The molecule has 0 fully saturated rings. The molecule has 1 aromatic rings. The average molecular weight is 299 g/mol. The fraction of sp³-hybridized carbons (Fsp3) is 0.385. The second-order valence-electron chi connectivity index (χ2n) is 4.09. The van der Waals surface area contributed by atoms with Crippen molar-refractivity contribution in [2.45, 2.75) is 18.7 Å². The van der Waals surface area contributed by atoms with Crippen LogP contribution in [0, 0.1) is 0 Å². The molecule has 0 radical (unpaired) electrons. The van der Waals surface area contributed by atoms with Crippen molar-refractivity contribution in [1.82, 2.24) is 4.31 Å². The Balaban J connectivity index is 3.17. The lowest BCUT2D eigenvalue weighted by atomic mass is 10.2. The Kier molecular flexibility index (Phi) is 5.41. The maximum Gasteiger partial charge on any atom is 0.321 e. The van der Waals surface area contributed by atoms with Crippen molar-refractivity contribution in [2.24, 2.45) is 0 Å². The van der Waals surface area contributed by atoms with Gasteiger partial charge in [-0.05, 0) is 19.1 Å². The first-order valence-corrected chi connectivity index (χ1v) is 7.45. The van der Waals surface area contributed by atoms with E-state index in [1.165, 1.54) is 38.3 Å². The third kappa shape index (κ3) is 3.64.